The summed E-state index contributed by atoms with van der Waals surface area (Å²) in [6, 6.07) is 15.8. The minimum absolute atomic E-state index is 0.0193. The number of hydrogen-bond donors (Lipinski definition) is 1. The van der Waals surface area contributed by atoms with Gasteiger partial charge in [-0.05, 0) is 56.9 Å². The molecule has 0 radical (unpaired) electrons. The van der Waals surface area contributed by atoms with E-state index in [-0.39, 0.29) is 11.5 Å². The van der Waals surface area contributed by atoms with Crippen LogP contribution < -0.4 is 10.7 Å². The molecule has 0 bridgehead atoms. The van der Waals surface area contributed by atoms with Crippen molar-refractivity contribution in [1.29, 1.82) is 0 Å². The summed E-state index contributed by atoms with van der Waals surface area (Å²) in [4.78, 5) is 13.1. The van der Waals surface area contributed by atoms with Crippen LogP contribution in [0.2, 0.25) is 0 Å². The second-order valence-corrected chi connectivity index (χ2v) is 7.99. The highest BCUT2D eigenvalue weighted by Crippen LogP contribution is 2.32. The zero-order valence-corrected chi connectivity index (χ0v) is 17.2. The standard InChI is InChI=1S/C23H22N2O2S/c1-13-10-18(16(4)24-20-12-14(2)25-28-20)23-19(11-13)21(26)15(3)22(27-23)17-8-6-5-7-9-17/h5-12,16,24H,1-4H3/t16-/m1/s1. The van der Waals surface area contributed by atoms with Gasteiger partial charge in [0.15, 0.2) is 5.43 Å². The first-order valence-electron chi connectivity index (χ1n) is 9.27. The lowest BCUT2D eigenvalue weighted by Gasteiger charge is -2.17. The third kappa shape index (κ3) is 3.34. The fourth-order valence-electron chi connectivity index (χ4n) is 3.48. The smallest absolute Gasteiger partial charge is 0.196 e. The molecule has 5 heteroatoms. The number of nitrogens with one attached hydrogen (secondary N) is 1. The van der Waals surface area contributed by atoms with E-state index in [0.29, 0.717) is 22.3 Å². The first-order chi connectivity index (χ1) is 13.4. The summed E-state index contributed by atoms with van der Waals surface area (Å²) in [5, 5.41) is 5.11. The topological polar surface area (TPSA) is 55.1 Å². The summed E-state index contributed by atoms with van der Waals surface area (Å²) < 4.78 is 10.7. The number of aromatic nitrogens is 1. The van der Waals surface area contributed by atoms with Crippen LogP contribution in [0.25, 0.3) is 22.3 Å². The second kappa shape index (κ2) is 7.24. The molecule has 0 fully saturated rings. The number of anilines is 1. The fourth-order valence-corrected chi connectivity index (χ4v) is 4.22. The lowest BCUT2D eigenvalue weighted by Crippen LogP contribution is -2.12. The molecule has 4 aromatic rings. The third-order valence-electron chi connectivity index (χ3n) is 4.88. The minimum atomic E-state index is -0.0308. The van der Waals surface area contributed by atoms with Crippen molar-refractivity contribution in [2.24, 2.45) is 0 Å². The van der Waals surface area contributed by atoms with Gasteiger partial charge in [-0.25, -0.2) is 0 Å². The van der Waals surface area contributed by atoms with E-state index in [1.165, 1.54) is 11.5 Å². The average Bonchev–Trinajstić information content (AvgIpc) is 3.09. The average molecular weight is 391 g/mol. The zero-order valence-electron chi connectivity index (χ0n) is 16.4. The maximum absolute atomic E-state index is 13.1. The largest absolute Gasteiger partial charge is 0.455 e. The van der Waals surface area contributed by atoms with Gasteiger partial charge in [0, 0.05) is 16.7 Å². The number of hydrogen-bond acceptors (Lipinski definition) is 5. The molecule has 2 aromatic carbocycles. The SMILES string of the molecule is Cc1cc([C@@H](C)Nc2cc(C)ns2)c2oc(-c3ccccc3)c(C)c(=O)c2c1. The first-order valence-corrected chi connectivity index (χ1v) is 10.0. The van der Waals surface area contributed by atoms with Crippen LogP contribution in [-0.4, -0.2) is 4.37 Å². The van der Waals surface area contributed by atoms with Crippen molar-refractivity contribution in [2.45, 2.75) is 33.7 Å². The molecule has 0 aliphatic rings. The van der Waals surface area contributed by atoms with Gasteiger partial charge >= 0.3 is 0 Å². The summed E-state index contributed by atoms with van der Waals surface area (Å²) in [5.74, 6) is 0.629. The van der Waals surface area contributed by atoms with Gasteiger partial charge in [-0.2, -0.15) is 4.37 Å². The molecule has 0 spiro atoms. The Hall–Kier alpha value is -2.92. The van der Waals surface area contributed by atoms with Crippen molar-refractivity contribution in [1.82, 2.24) is 4.37 Å². The summed E-state index contributed by atoms with van der Waals surface area (Å²) in [5.41, 5.74) is 5.19. The number of fused-ring (bicyclic) bond motifs is 1. The highest BCUT2D eigenvalue weighted by Gasteiger charge is 2.19. The zero-order chi connectivity index (χ0) is 19.8. The van der Waals surface area contributed by atoms with E-state index in [1.54, 1.807) is 0 Å². The van der Waals surface area contributed by atoms with E-state index >= 15 is 0 Å². The number of rotatable bonds is 4. The van der Waals surface area contributed by atoms with Gasteiger partial charge < -0.3 is 9.73 Å². The fraction of sp³-hybridized carbons (Fsp3) is 0.217. The second-order valence-electron chi connectivity index (χ2n) is 7.18. The molecule has 1 N–H and O–H groups in total. The number of benzene rings is 2. The first kappa shape index (κ1) is 18.4. The molecule has 1 atom stereocenters. The van der Waals surface area contributed by atoms with Gasteiger partial charge in [-0.15, -0.1) is 0 Å². The van der Waals surface area contributed by atoms with Crippen LogP contribution in [0.5, 0.6) is 0 Å². The van der Waals surface area contributed by atoms with E-state index in [1.807, 2.05) is 63.2 Å². The lowest BCUT2D eigenvalue weighted by molar-refractivity contribution is 0.605. The van der Waals surface area contributed by atoms with Gasteiger partial charge in [-0.1, -0.05) is 36.4 Å². The van der Waals surface area contributed by atoms with Crippen molar-refractivity contribution >= 4 is 27.5 Å². The summed E-state index contributed by atoms with van der Waals surface area (Å²) in [6.07, 6.45) is 0. The molecule has 142 valence electrons. The van der Waals surface area contributed by atoms with Crippen LogP contribution in [0.15, 0.2) is 57.7 Å². The van der Waals surface area contributed by atoms with E-state index in [9.17, 15) is 4.79 Å². The quantitative estimate of drug-likeness (QED) is 0.463. The summed E-state index contributed by atoms with van der Waals surface area (Å²) >= 11 is 1.43. The highest BCUT2D eigenvalue weighted by molar-refractivity contribution is 7.10. The van der Waals surface area contributed by atoms with Crippen molar-refractivity contribution in [3.05, 3.63) is 81.1 Å². The Balaban J connectivity index is 1.91. The number of aryl methyl sites for hydroxylation is 2. The molecule has 4 nitrogen and oxygen atoms in total. The van der Waals surface area contributed by atoms with Crippen LogP contribution >= 0.6 is 11.5 Å². The van der Waals surface area contributed by atoms with Gasteiger partial charge in [0.05, 0.1) is 17.1 Å². The van der Waals surface area contributed by atoms with Crippen LogP contribution in [0.4, 0.5) is 5.00 Å². The molecule has 28 heavy (non-hydrogen) atoms. The normalized spacial score (nSPS) is 12.3. The van der Waals surface area contributed by atoms with Crippen molar-refractivity contribution < 1.29 is 4.42 Å². The van der Waals surface area contributed by atoms with Crippen LogP contribution in [0.3, 0.4) is 0 Å². The van der Waals surface area contributed by atoms with Crippen molar-refractivity contribution in [3.63, 3.8) is 0 Å². The van der Waals surface area contributed by atoms with Crippen molar-refractivity contribution in [3.8, 4) is 11.3 Å². The lowest BCUT2D eigenvalue weighted by atomic mass is 9.99. The van der Waals surface area contributed by atoms with E-state index in [2.05, 4.69) is 22.7 Å². The molecular weight excluding hydrogens is 368 g/mol. The monoisotopic (exact) mass is 390 g/mol. The Bertz CT molecular complexity index is 1210. The molecule has 2 aromatic heterocycles. The Kier molecular flexibility index (Phi) is 4.77. The van der Waals surface area contributed by atoms with Gasteiger partial charge in [-0.3, -0.25) is 4.79 Å². The molecule has 0 amide bonds. The van der Waals surface area contributed by atoms with Crippen LogP contribution in [0, 0.1) is 20.8 Å². The predicted octanol–water partition coefficient (Wildman–Crippen LogP) is 6.01. The minimum Gasteiger partial charge on any atom is -0.455 e. The predicted molar refractivity (Wildman–Crippen MR) is 116 cm³/mol. The van der Waals surface area contributed by atoms with Gasteiger partial charge in [0.1, 0.15) is 16.3 Å². The maximum Gasteiger partial charge on any atom is 0.196 e. The van der Waals surface area contributed by atoms with E-state index in [0.717, 1.165) is 27.4 Å². The summed E-state index contributed by atoms with van der Waals surface area (Å²) in [7, 11) is 0. The van der Waals surface area contributed by atoms with E-state index < -0.39 is 0 Å². The molecule has 0 aliphatic heterocycles. The molecule has 0 saturated carbocycles. The molecule has 4 rings (SSSR count). The highest BCUT2D eigenvalue weighted by atomic mass is 32.1. The van der Waals surface area contributed by atoms with Crippen molar-refractivity contribution in [2.75, 3.05) is 5.32 Å². The maximum atomic E-state index is 13.1. The molecule has 0 saturated heterocycles. The van der Waals surface area contributed by atoms with Gasteiger partial charge in [0.25, 0.3) is 0 Å². The van der Waals surface area contributed by atoms with Gasteiger partial charge in [0.2, 0.25) is 0 Å². The molecule has 0 aliphatic carbocycles. The summed E-state index contributed by atoms with van der Waals surface area (Å²) in [6.45, 7) is 7.89. The molecule has 2 heterocycles. The third-order valence-corrected chi connectivity index (χ3v) is 5.69. The molecular formula is C23H22N2O2S. The van der Waals surface area contributed by atoms with Crippen LogP contribution in [-0.2, 0) is 0 Å². The Labute approximate surface area is 168 Å². The Morgan fingerprint density at radius 3 is 2.50 bits per heavy atom. The van der Waals surface area contributed by atoms with Crippen LogP contribution in [0.1, 0.15) is 35.3 Å². The Morgan fingerprint density at radius 1 is 1.07 bits per heavy atom. The molecule has 0 unspecified atom stereocenters. The Morgan fingerprint density at radius 2 is 1.82 bits per heavy atom. The van der Waals surface area contributed by atoms with E-state index in [4.69, 9.17) is 4.42 Å². The number of nitrogens with zero attached hydrogens (tertiary/aromatic N) is 1.